The van der Waals surface area contributed by atoms with Crippen molar-refractivity contribution in [2.24, 2.45) is 7.05 Å². The van der Waals surface area contributed by atoms with Gasteiger partial charge in [0.05, 0.1) is 25.4 Å². The van der Waals surface area contributed by atoms with E-state index < -0.39 is 17.2 Å². The average molecular weight is 435 g/mol. The predicted molar refractivity (Wildman–Crippen MR) is 118 cm³/mol. The Morgan fingerprint density at radius 1 is 1.00 bits per heavy atom. The number of hydrogen-bond acceptors (Lipinski definition) is 6. The van der Waals surface area contributed by atoms with E-state index in [9.17, 15) is 14.4 Å². The van der Waals surface area contributed by atoms with Crippen LogP contribution in [-0.2, 0) is 18.4 Å². The quantitative estimate of drug-likeness (QED) is 0.467. The number of H-pyrrole nitrogens is 1. The maximum Gasteiger partial charge on any atom is 0.355 e. The molecule has 4 rings (SSSR count). The van der Waals surface area contributed by atoms with Gasteiger partial charge in [0, 0.05) is 13.1 Å². The molecular weight excluding hydrogens is 414 g/mol. The van der Waals surface area contributed by atoms with Crippen LogP contribution in [0.5, 0.6) is 11.5 Å². The van der Waals surface area contributed by atoms with Gasteiger partial charge in [-0.2, -0.15) is 0 Å². The van der Waals surface area contributed by atoms with Gasteiger partial charge in [0.1, 0.15) is 29.3 Å². The number of carbonyl (C=O) groups excluding carboxylic acids is 1. The number of methoxy groups -OCH3 is 2. The average Bonchev–Trinajstić information content (AvgIpc) is 3.14. The molecule has 0 saturated heterocycles. The number of carbonyl (C=O) groups is 1. The Hall–Kier alpha value is -4.27. The van der Waals surface area contributed by atoms with Crippen LogP contribution in [0.1, 0.15) is 16.1 Å². The van der Waals surface area contributed by atoms with Crippen molar-refractivity contribution < 1.29 is 19.0 Å². The molecule has 32 heavy (non-hydrogen) atoms. The Kier molecular flexibility index (Phi) is 5.55. The van der Waals surface area contributed by atoms with E-state index in [2.05, 4.69) is 4.98 Å². The van der Waals surface area contributed by atoms with Gasteiger partial charge in [-0.3, -0.25) is 4.79 Å². The number of ether oxygens (including phenoxy) is 3. The Bertz CT molecular complexity index is 1420. The number of fused-ring (bicyclic) bond motifs is 1. The van der Waals surface area contributed by atoms with E-state index >= 15 is 0 Å². The fourth-order valence-corrected chi connectivity index (χ4v) is 3.51. The molecule has 0 radical (unpaired) electrons. The Morgan fingerprint density at radius 2 is 1.75 bits per heavy atom. The molecule has 0 aliphatic rings. The van der Waals surface area contributed by atoms with Crippen LogP contribution < -0.4 is 20.7 Å². The minimum absolute atomic E-state index is 0.0883. The molecule has 0 unspecified atom stereocenters. The largest absolute Gasteiger partial charge is 0.497 e. The SMILES string of the molecule is COc1ccc(-n2c(=O)[nH]c3cc(C(=O)OCc4ccccc4)n(C)c3c2=O)c(OC)c1. The minimum atomic E-state index is -0.666. The fourth-order valence-electron chi connectivity index (χ4n) is 3.51. The molecule has 164 valence electrons. The Balaban J connectivity index is 1.78. The molecule has 0 bridgehead atoms. The van der Waals surface area contributed by atoms with Gasteiger partial charge in [-0.25, -0.2) is 14.2 Å². The molecule has 0 fully saturated rings. The second kappa shape index (κ2) is 8.46. The highest BCUT2D eigenvalue weighted by Crippen LogP contribution is 2.26. The van der Waals surface area contributed by atoms with Crippen LogP contribution in [-0.4, -0.2) is 34.3 Å². The summed E-state index contributed by atoms with van der Waals surface area (Å²) in [5, 5.41) is 0. The molecule has 2 aromatic heterocycles. The first-order chi connectivity index (χ1) is 15.4. The van der Waals surface area contributed by atoms with Gasteiger partial charge >= 0.3 is 11.7 Å². The lowest BCUT2D eigenvalue weighted by atomic mass is 10.2. The van der Waals surface area contributed by atoms with Gasteiger partial charge in [0.25, 0.3) is 5.56 Å². The highest BCUT2D eigenvalue weighted by Gasteiger charge is 2.21. The van der Waals surface area contributed by atoms with Gasteiger partial charge < -0.3 is 23.8 Å². The van der Waals surface area contributed by atoms with Crippen LogP contribution in [0.3, 0.4) is 0 Å². The van der Waals surface area contributed by atoms with Crippen molar-refractivity contribution in [1.29, 1.82) is 0 Å². The lowest BCUT2D eigenvalue weighted by Crippen LogP contribution is -2.34. The topological polar surface area (TPSA) is 105 Å². The summed E-state index contributed by atoms with van der Waals surface area (Å²) in [6, 6.07) is 15.4. The monoisotopic (exact) mass is 435 g/mol. The summed E-state index contributed by atoms with van der Waals surface area (Å²) in [5.41, 5.74) is 0.338. The molecule has 0 amide bonds. The molecule has 1 N–H and O–H groups in total. The van der Waals surface area contributed by atoms with Crippen LogP contribution in [0.15, 0.2) is 64.2 Å². The van der Waals surface area contributed by atoms with Gasteiger partial charge in [0.2, 0.25) is 0 Å². The first kappa shape index (κ1) is 21.0. The molecule has 0 spiro atoms. The van der Waals surface area contributed by atoms with E-state index in [1.807, 2.05) is 30.3 Å². The molecular formula is C23H21N3O6. The summed E-state index contributed by atoms with van der Waals surface area (Å²) < 4.78 is 18.3. The third-order valence-corrected chi connectivity index (χ3v) is 5.13. The third kappa shape index (κ3) is 3.64. The van der Waals surface area contributed by atoms with Crippen molar-refractivity contribution in [2.45, 2.75) is 6.61 Å². The van der Waals surface area contributed by atoms with E-state index in [0.29, 0.717) is 5.75 Å². The minimum Gasteiger partial charge on any atom is -0.497 e. The molecule has 9 heteroatoms. The number of aryl methyl sites for hydroxylation is 1. The van der Waals surface area contributed by atoms with Crippen molar-refractivity contribution in [3.05, 3.63) is 86.7 Å². The lowest BCUT2D eigenvalue weighted by Gasteiger charge is -2.12. The van der Waals surface area contributed by atoms with E-state index in [1.165, 1.54) is 24.9 Å². The molecule has 2 aromatic carbocycles. The molecule has 0 atom stereocenters. The summed E-state index contributed by atoms with van der Waals surface area (Å²) in [7, 11) is 4.50. The zero-order valence-corrected chi connectivity index (χ0v) is 17.7. The van der Waals surface area contributed by atoms with Crippen molar-refractivity contribution in [3.63, 3.8) is 0 Å². The summed E-state index contributed by atoms with van der Waals surface area (Å²) in [5.74, 6) is 0.188. The second-order valence-electron chi connectivity index (χ2n) is 7.02. The van der Waals surface area contributed by atoms with E-state index in [0.717, 1.165) is 10.1 Å². The van der Waals surface area contributed by atoms with Gasteiger partial charge in [0.15, 0.2) is 0 Å². The highest BCUT2D eigenvalue weighted by molar-refractivity contribution is 5.94. The molecule has 2 heterocycles. The van der Waals surface area contributed by atoms with E-state index in [4.69, 9.17) is 14.2 Å². The molecule has 0 aliphatic carbocycles. The predicted octanol–water partition coefficient (Wildman–Crippen LogP) is 2.39. The van der Waals surface area contributed by atoms with Crippen LogP contribution in [0.2, 0.25) is 0 Å². The highest BCUT2D eigenvalue weighted by atomic mass is 16.5. The number of benzene rings is 2. The van der Waals surface area contributed by atoms with Crippen molar-refractivity contribution in [3.8, 4) is 17.2 Å². The van der Waals surface area contributed by atoms with Crippen molar-refractivity contribution >= 4 is 17.0 Å². The van der Waals surface area contributed by atoms with Gasteiger partial charge in [-0.1, -0.05) is 30.3 Å². The van der Waals surface area contributed by atoms with E-state index in [-0.39, 0.29) is 34.8 Å². The first-order valence-electron chi connectivity index (χ1n) is 9.72. The standard InChI is InChI=1S/C23H21N3O6/c1-25-18(22(28)32-13-14-7-5-4-6-8-14)12-16-20(25)21(27)26(23(29)24-16)17-10-9-15(30-2)11-19(17)31-3/h4-12H,13H2,1-3H3,(H,24,29). The Labute approximate surface area is 182 Å². The molecule has 0 saturated carbocycles. The normalized spacial score (nSPS) is 10.8. The van der Waals surface area contributed by atoms with Gasteiger partial charge in [-0.15, -0.1) is 0 Å². The summed E-state index contributed by atoms with van der Waals surface area (Å²) in [4.78, 5) is 41.4. The number of rotatable bonds is 6. The van der Waals surface area contributed by atoms with Crippen molar-refractivity contribution in [2.75, 3.05) is 14.2 Å². The lowest BCUT2D eigenvalue weighted by molar-refractivity contribution is 0.0462. The third-order valence-electron chi connectivity index (χ3n) is 5.13. The van der Waals surface area contributed by atoms with E-state index in [1.54, 1.807) is 25.2 Å². The second-order valence-corrected chi connectivity index (χ2v) is 7.02. The maximum absolute atomic E-state index is 13.3. The number of aromatic nitrogens is 3. The summed E-state index contributed by atoms with van der Waals surface area (Å²) >= 11 is 0. The Morgan fingerprint density at radius 3 is 2.44 bits per heavy atom. The zero-order valence-electron chi connectivity index (χ0n) is 17.7. The number of nitrogens with zero attached hydrogens (tertiary/aromatic N) is 2. The molecule has 4 aromatic rings. The van der Waals surface area contributed by atoms with Crippen LogP contribution >= 0.6 is 0 Å². The summed E-state index contributed by atoms with van der Waals surface area (Å²) in [6.07, 6.45) is 0. The maximum atomic E-state index is 13.3. The number of aromatic amines is 1. The number of esters is 1. The number of hydrogen-bond donors (Lipinski definition) is 1. The van der Waals surface area contributed by atoms with Crippen LogP contribution in [0, 0.1) is 0 Å². The van der Waals surface area contributed by atoms with Crippen LogP contribution in [0.25, 0.3) is 16.7 Å². The molecule has 0 aliphatic heterocycles. The number of nitrogens with one attached hydrogen (secondary N) is 1. The fraction of sp³-hybridized carbons (Fsp3) is 0.174. The van der Waals surface area contributed by atoms with Gasteiger partial charge in [-0.05, 0) is 23.8 Å². The zero-order chi connectivity index (χ0) is 22.8. The van der Waals surface area contributed by atoms with Crippen molar-refractivity contribution in [1.82, 2.24) is 14.1 Å². The molecule has 9 nitrogen and oxygen atoms in total. The van der Waals surface area contributed by atoms with Crippen LogP contribution in [0.4, 0.5) is 0 Å². The summed E-state index contributed by atoms with van der Waals surface area (Å²) in [6.45, 7) is 0.0883. The first-order valence-corrected chi connectivity index (χ1v) is 9.72. The smallest absolute Gasteiger partial charge is 0.355 e.